The number of nitrogens with zero attached hydrogens (tertiary/aromatic N) is 2. The van der Waals surface area contributed by atoms with E-state index in [4.69, 9.17) is 11.6 Å². The van der Waals surface area contributed by atoms with Crippen LogP contribution in [0.3, 0.4) is 0 Å². The Kier molecular flexibility index (Phi) is 3.79. The maximum atomic E-state index is 10.6. The van der Waals surface area contributed by atoms with E-state index >= 15 is 0 Å². The summed E-state index contributed by atoms with van der Waals surface area (Å²) in [6.45, 7) is 4.78. The average molecular weight is 257 g/mol. The van der Waals surface area contributed by atoms with Crippen LogP contribution in [0.15, 0.2) is 0 Å². The second-order valence-corrected chi connectivity index (χ2v) is 5.50. The standard InChI is InChI=1S/C13H21ClN2O/c1-3-16-11(12(14)10(2)15-16)9-13(17)7-5-4-6-8-13/h17H,3-9H2,1-2H3. The first-order valence-corrected chi connectivity index (χ1v) is 6.88. The van der Waals surface area contributed by atoms with Crippen LogP contribution in [0.4, 0.5) is 0 Å². The Hall–Kier alpha value is -0.540. The Balaban J connectivity index is 2.22. The normalized spacial score (nSPS) is 19.5. The fourth-order valence-electron chi connectivity index (χ4n) is 2.74. The van der Waals surface area contributed by atoms with Gasteiger partial charge in [0, 0.05) is 13.0 Å². The Labute approximate surface area is 108 Å². The molecule has 0 bridgehead atoms. The number of hydrogen-bond acceptors (Lipinski definition) is 2. The summed E-state index contributed by atoms with van der Waals surface area (Å²) >= 11 is 6.28. The van der Waals surface area contributed by atoms with E-state index in [9.17, 15) is 5.11 Å². The van der Waals surface area contributed by atoms with Gasteiger partial charge in [0.05, 0.1) is 22.0 Å². The van der Waals surface area contributed by atoms with Crippen molar-refractivity contribution in [3.8, 4) is 0 Å². The quantitative estimate of drug-likeness (QED) is 0.903. The van der Waals surface area contributed by atoms with Gasteiger partial charge in [-0.25, -0.2) is 0 Å². The smallest absolute Gasteiger partial charge is 0.0848 e. The van der Waals surface area contributed by atoms with Crippen molar-refractivity contribution in [2.45, 2.75) is 64.5 Å². The highest BCUT2D eigenvalue weighted by Crippen LogP contribution is 2.33. The van der Waals surface area contributed by atoms with Crippen molar-refractivity contribution in [3.63, 3.8) is 0 Å². The van der Waals surface area contributed by atoms with Gasteiger partial charge in [-0.3, -0.25) is 4.68 Å². The van der Waals surface area contributed by atoms with Gasteiger partial charge in [0.2, 0.25) is 0 Å². The summed E-state index contributed by atoms with van der Waals surface area (Å²) in [5.74, 6) is 0. The molecule has 0 spiro atoms. The summed E-state index contributed by atoms with van der Waals surface area (Å²) in [5.41, 5.74) is 1.29. The van der Waals surface area contributed by atoms with Gasteiger partial charge in [-0.05, 0) is 26.7 Å². The molecule has 1 heterocycles. The van der Waals surface area contributed by atoms with Crippen LogP contribution < -0.4 is 0 Å². The van der Waals surface area contributed by atoms with E-state index in [0.29, 0.717) is 6.42 Å². The molecule has 3 nitrogen and oxygen atoms in total. The lowest BCUT2D eigenvalue weighted by Crippen LogP contribution is -2.34. The molecule has 0 atom stereocenters. The molecule has 0 aromatic carbocycles. The van der Waals surface area contributed by atoms with E-state index in [0.717, 1.165) is 48.6 Å². The second kappa shape index (κ2) is 4.99. The van der Waals surface area contributed by atoms with Crippen LogP contribution in [0.1, 0.15) is 50.4 Å². The van der Waals surface area contributed by atoms with Crippen LogP contribution in [-0.4, -0.2) is 20.5 Å². The van der Waals surface area contributed by atoms with Crippen molar-refractivity contribution in [1.82, 2.24) is 9.78 Å². The topological polar surface area (TPSA) is 38.0 Å². The summed E-state index contributed by atoms with van der Waals surface area (Å²) in [4.78, 5) is 0. The molecule has 1 fully saturated rings. The van der Waals surface area contributed by atoms with Gasteiger partial charge in [0.1, 0.15) is 0 Å². The van der Waals surface area contributed by atoms with Crippen LogP contribution >= 0.6 is 11.6 Å². The van der Waals surface area contributed by atoms with Gasteiger partial charge in [-0.1, -0.05) is 30.9 Å². The lowest BCUT2D eigenvalue weighted by molar-refractivity contribution is 0.00280. The zero-order valence-electron chi connectivity index (χ0n) is 10.7. The minimum atomic E-state index is -0.568. The van der Waals surface area contributed by atoms with E-state index in [1.807, 2.05) is 11.6 Å². The highest BCUT2D eigenvalue weighted by molar-refractivity contribution is 6.31. The third-order valence-corrected chi connectivity index (χ3v) is 4.23. The number of aromatic nitrogens is 2. The molecular formula is C13H21ClN2O. The summed E-state index contributed by atoms with van der Waals surface area (Å²) in [5, 5.41) is 15.7. The lowest BCUT2D eigenvalue weighted by atomic mass is 9.81. The van der Waals surface area contributed by atoms with Crippen LogP contribution in [0, 0.1) is 6.92 Å². The third kappa shape index (κ3) is 2.66. The van der Waals surface area contributed by atoms with Gasteiger partial charge in [-0.15, -0.1) is 0 Å². The van der Waals surface area contributed by atoms with Gasteiger partial charge in [0.25, 0.3) is 0 Å². The molecule has 17 heavy (non-hydrogen) atoms. The highest BCUT2D eigenvalue weighted by atomic mass is 35.5. The van der Waals surface area contributed by atoms with E-state index < -0.39 is 5.60 Å². The van der Waals surface area contributed by atoms with Crippen molar-refractivity contribution in [1.29, 1.82) is 0 Å². The van der Waals surface area contributed by atoms with Crippen molar-refractivity contribution < 1.29 is 5.11 Å². The molecule has 0 saturated heterocycles. The molecule has 0 unspecified atom stereocenters. The second-order valence-electron chi connectivity index (χ2n) is 5.12. The number of hydrogen-bond donors (Lipinski definition) is 1. The Morgan fingerprint density at radius 3 is 2.59 bits per heavy atom. The maximum Gasteiger partial charge on any atom is 0.0848 e. The van der Waals surface area contributed by atoms with Crippen LogP contribution in [0.5, 0.6) is 0 Å². The van der Waals surface area contributed by atoms with Gasteiger partial charge in [-0.2, -0.15) is 5.10 Å². The first-order valence-electron chi connectivity index (χ1n) is 6.50. The van der Waals surface area contributed by atoms with Gasteiger partial charge < -0.3 is 5.11 Å². The molecule has 1 aliphatic rings. The van der Waals surface area contributed by atoms with Crippen molar-refractivity contribution in [2.24, 2.45) is 0 Å². The predicted octanol–water partition coefficient (Wildman–Crippen LogP) is 3.10. The molecule has 1 aliphatic carbocycles. The molecule has 1 aromatic heterocycles. The van der Waals surface area contributed by atoms with E-state index in [1.54, 1.807) is 0 Å². The lowest BCUT2D eigenvalue weighted by Gasteiger charge is -2.32. The zero-order chi connectivity index (χ0) is 12.5. The first kappa shape index (κ1) is 12.9. The zero-order valence-corrected chi connectivity index (χ0v) is 11.4. The molecular weight excluding hydrogens is 236 g/mol. The monoisotopic (exact) mass is 256 g/mol. The number of halogens is 1. The van der Waals surface area contributed by atoms with Crippen LogP contribution in [0.2, 0.25) is 5.02 Å². The van der Waals surface area contributed by atoms with Crippen LogP contribution in [-0.2, 0) is 13.0 Å². The van der Waals surface area contributed by atoms with E-state index in [-0.39, 0.29) is 0 Å². The number of aryl methyl sites for hydroxylation is 2. The van der Waals surface area contributed by atoms with Crippen molar-refractivity contribution in [3.05, 3.63) is 16.4 Å². The molecule has 1 N–H and O–H groups in total. The fraction of sp³-hybridized carbons (Fsp3) is 0.769. The summed E-state index contributed by atoms with van der Waals surface area (Å²) < 4.78 is 1.92. The minimum absolute atomic E-state index is 0.568. The molecule has 4 heteroatoms. The molecule has 1 aromatic rings. The Morgan fingerprint density at radius 2 is 2.00 bits per heavy atom. The van der Waals surface area contributed by atoms with E-state index in [1.165, 1.54) is 6.42 Å². The first-order chi connectivity index (χ1) is 8.06. The summed E-state index contributed by atoms with van der Waals surface area (Å²) in [7, 11) is 0. The summed E-state index contributed by atoms with van der Waals surface area (Å²) in [6, 6.07) is 0. The number of rotatable bonds is 3. The molecule has 96 valence electrons. The minimum Gasteiger partial charge on any atom is -0.389 e. The molecule has 0 radical (unpaired) electrons. The van der Waals surface area contributed by atoms with Gasteiger partial charge >= 0.3 is 0 Å². The maximum absolute atomic E-state index is 10.6. The largest absolute Gasteiger partial charge is 0.389 e. The molecule has 0 aliphatic heterocycles. The fourth-order valence-corrected chi connectivity index (χ4v) is 2.94. The molecule has 2 rings (SSSR count). The predicted molar refractivity (Wildman–Crippen MR) is 69.4 cm³/mol. The molecule has 0 amide bonds. The number of aliphatic hydroxyl groups is 1. The Morgan fingerprint density at radius 1 is 1.35 bits per heavy atom. The van der Waals surface area contributed by atoms with Gasteiger partial charge in [0.15, 0.2) is 0 Å². The molecule has 1 saturated carbocycles. The van der Waals surface area contributed by atoms with Crippen molar-refractivity contribution in [2.75, 3.05) is 0 Å². The highest BCUT2D eigenvalue weighted by Gasteiger charge is 2.31. The SMILES string of the molecule is CCn1nc(C)c(Cl)c1CC1(O)CCCCC1. The van der Waals surface area contributed by atoms with E-state index in [2.05, 4.69) is 12.0 Å². The van der Waals surface area contributed by atoms with Crippen molar-refractivity contribution >= 4 is 11.6 Å². The summed E-state index contributed by atoms with van der Waals surface area (Å²) in [6.07, 6.45) is 5.89. The Bertz CT molecular complexity index is 394. The van der Waals surface area contributed by atoms with Crippen LogP contribution in [0.25, 0.3) is 0 Å². The average Bonchev–Trinajstić information content (AvgIpc) is 2.57. The third-order valence-electron chi connectivity index (χ3n) is 3.73.